The molecule has 0 atom stereocenters. The summed E-state index contributed by atoms with van der Waals surface area (Å²) in [6.07, 6.45) is 2.87. The molecule has 1 amide bonds. The summed E-state index contributed by atoms with van der Waals surface area (Å²) in [5, 5.41) is 15.2. The molecule has 0 spiro atoms. The van der Waals surface area contributed by atoms with Crippen LogP contribution in [-0.2, 0) is 22.6 Å². The number of hydrogen-bond acceptors (Lipinski definition) is 7. The maximum atomic E-state index is 12.4. The van der Waals surface area contributed by atoms with E-state index in [2.05, 4.69) is 25.7 Å². The number of nitrogens with zero attached hydrogens (tertiary/aromatic N) is 6. The molecule has 0 aliphatic carbocycles. The number of pyridine rings is 1. The van der Waals surface area contributed by atoms with Crippen LogP contribution in [0.2, 0.25) is 0 Å². The number of ether oxygens (including phenoxy) is 2. The van der Waals surface area contributed by atoms with Crippen LogP contribution in [0.15, 0.2) is 30.6 Å². The molecule has 0 unspecified atom stereocenters. The van der Waals surface area contributed by atoms with E-state index >= 15 is 0 Å². The molecule has 0 saturated heterocycles. The van der Waals surface area contributed by atoms with Crippen LogP contribution in [0.5, 0.6) is 0 Å². The van der Waals surface area contributed by atoms with Crippen molar-refractivity contribution in [2.75, 3.05) is 13.2 Å². The first-order chi connectivity index (χ1) is 14.5. The normalized spacial score (nSPS) is 11.2. The van der Waals surface area contributed by atoms with E-state index in [0.29, 0.717) is 26.3 Å². The van der Waals surface area contributed by atoms with Gasteiger partial charge >= 0.3 is 0 Å². The third-order valence-electron chi connectivity index (χ3n) is 4.30. The summed E-state index contributed by atoms with van der Waals surface area (Å²) < 4.78 is 14.3. The smallest absolute Gasteiger partial charge is 0.273 e. The molecule has 0 bridgehead atoms. The quantitative estimate of drug-likeness (QED) is 0.505. The lowest BCUT2D eigenvalue weighted by atomic mass is 10.2. The average molecular weight is 413 g/mol. The lowest BCUT2D eigenvalue weighted by Crippen LogP contribution is -2.24. The Morgan fingerprint density at radius 1 is 1.20 bits per heavy atom. The molecule has 0 fully saturated rings. The van der Waals surface area contributed by atoms with Gasteiger partial charge in [-0.25, -0.2) is 14.3 Å². The molecule has 10 nitrogen and oxygen atoms in total. The Balaban J connectivity index is 1.55. The second-order valence-corrected chi connectivity index (χ2v) is 6.71. The fraction of sp³-hybridized carbons (Fsp3) is 0.450. The predicted octanol–water partition coefficient (Wildman–Crippen LogP) is 1.80. The van der Waals surface area contributed by atoms with E-state index in [9.17, 15) is 4.79 Å². The van der Waals surface area contributed by atoms with Crippen molar-refractivity contribution >= 4 is 5.91 Å². The molecular weight excluding hydrogens is 386 g/mol. The van der Waals surface area contributed by atoms with Gasteiger partial charge in [-0.2, -0.15) is 5.10 Å². The third kappa shape index (κ3) is 5.49. The highest BCUT2D eigenvalue weighted by molar-refractivity contribution is 5.91. The largest absolute Gasteiger partial charge is 0.351 e. The van der Waals surface area contributed by atoms with E-state index in [1.807, 2.05) is 45.9 Å². The van der Waals surface area contributed by atoms with Gasteiger partial charge in [0.1, 0.15) is 0 Å². The zero-order valence-corrected chi connectivity index (χ0v) is 17.7. The summed E-state index contributed by atoms with van der Waals surface area (Å²) in [5.74, 6) is 0.421. The molecular formula is C20H27N7O3. The molecule has 3 heterocycles. The van der Waals surface area contributed by atoms with Gasteiger partial charge in [-0.05, 0) is 45.4 Å². The number of carbonyl (C=O) groups excluding carboxylic acids is 1. The van der Waals surface area contributed by atoms with Gasteiger partial charge in [0.15, 0.2) is 17.8 Å². The number of rotatable bonds is 10. The molecule has 0 aliphatic rings. The molecule has 0 aliphatic heterocycles. The summed E-state index contributed by atoms with van der Waals surface area (Å²) in [6, 6.07) is 5.78. The monoisotopic (exact) mass is 413 g/mol. The minimum atomic E-state index is -0.426. The van der Waals surface area contributed by atoms with E-state index < -0.39 is 6.29 Å². The molecule has 160 valence electrons. The standard InChI is InChI=1S/C20H27N7O3/c1-5-29-19(30-6-2)13-26-12-17(23-25-26)20(28)22-11-16-7-8-18(21-10-16)27-15(4)9-14(3)24-27/h7-10,12,19H,5-6,11,13H2,1-4H3,(H,22,28). The molecule has 3 aromatic heterocycles. The second-order valence-electron chi connectivity index (χ2n) is 6.71. The van der Waals surface area contributed by atoms with Gasteiger partial charge in [-0.15, -0.1) is 5.10 Å². The molecule has 3 aromatic rings. The number of hydrogen-bond donors (Lipinski definition) is 1. The minimum Gasteiger partial charge on any atom is -0.351 e. The van der Waals surface area contributed by atoms with Crippen LogP contribution in [0.25, 0.3) is 5.82 Å². The van der Waals surface area contributed by atoms with Crippen LogP contribution in [0, 0.1) is 13.8 Å². The van der Waals surface area contributed by atoms with Crippen LogP contribution in [-0.4, -0.2) is 55.2 Å². The van der Waals surface area contributed by atoms with Gasteiger partial charge in [0.25, 0.3) is 5.91 Å². The minimum absolute atomic E-state index is 0.231. The molecule has 1 N–H and O–H groups in total. The highest BCUT2D eigenvalue weighted by atomic mass is 16.7. The Hall–Kier alpha value is -3.11. The maximum Gasteiger partial charge on any atom is 0.273 e. The number of aromatic nitrogens is 6. The van der Waals surface area contributed by atoms with Gasteiger partial charge in [0.2, 0.25) is 0 Å². The fourth-order valence-electron chi connectivity index (χ4n) is 2.95. The highest BCUT2D eigenvalue weighted by Gasteiger charge is 2.14. The van der Waals surface area contributed by atoms with Crippen molar-refractivity contribution < 1.29 is 14.3 Å². The lowest BCUT2D eigenvalue weighted by Gasteiger charge is -2.16. The first-order valence-corrected chi connectivity index (χ1v) is 9.90. The van der Waals surface area contributed by atoms with E-state index in [1.165, 1.54) is 4.68 Å². The Kier molecular flexibility index (Phi) is 7.26. The average Bonchev–Trinajstić information content (AvgIpc) is 3.33. The number of aryl methyl sites for hydroxylation is 2. The summed E-state index contributed by atoms with van der Waals surface area (Å²) in [5.41, 5.74) is 3.05. The van der Waals surface area contributed by atoms with Crippen molar-refractivity contribution in [2.45, 2.75) is 47.1 Å². The van der Waals surface area contributed by atoms with Crippen molar-refractivity contribution in [3.63, 3.8) is 0 Å². The van der Waals surface area contributed by atoms with Crippen molar-refractivity contribution in [3.8, 4) is 5.82 Å². The Bertz CT molecular complexity index is 959. The predicted molar refractivity (Wildman–Crippen MR) is 109 cm³/mol. The third-order valence-corrected chi connectivity index (χ3v) is 4.30. The Morgan fingerprint density at radius 2 is 1.97 bits per heavy atom. The zero-order valence-electron chi connectivity index (χ0n) is 17.7. The number of amides is 1. The van der Waals surface area contributed by atoms with Crippen LogP contribution >= 0.6 is 0 Å². The summed E-state index contributed by atoms with van der Waals surface area (Å²) in [4.78, 5) is 16.8. The number of carbonyl (C=O) groups is 1. The van der Waals surface area contributed by atoms with Crippen LogP contribution < -0.4 is 5.32 Å². The van der Waals surface area contributed by atoms with Gasteiger partial charge in [0, 0.05) is 31.6 Å². The topological polar surface area (TPSA) is 109 Å². The molecule has 0 aromatic carbocycles. The first-order valence-electron chi connectivity index (χ1n) is 9.90. The van der Waals surface area contributed by atoms with Gasteiger partial charge < -0.3 is 14.8 Å². The highest BCUT2D eigenvalue weighted by Crippen LogP contribution is 2.10. The van der Waals surface area contributed by atoms with Gasteiger partial charge in [-0.1, -0.05) is 11.3 Å². The van der Waals surface area contributed by atoms with E-state index in [0.717, 1.165) is 22.8 Å². The van der Waals surface area contributed by atoms with Gasteiger partial charge in [-0.3, -0.25) is 4.79 Å². The summed E-state index contributed by atoms with van der Waals surface area (Å²) in [6.45, 7) is 9.45. The van der Waals surface area contributed by atoms with E-state index in [-0.39, 0.29) is 11.6 Å². The van der Waals surface area contributed by atoms with Crippen LogP contribution in [0.1, 0.15) is 41.3 Å². The first kappa shape index (κ1) is 21.6. The molecule has 30 heavy (non-hydrogen) atoms. The van der Waals surface area contributed by atoms with Crippen molar-refractivity contribution in [2.24, 2.45) is 0 Å². The molecule has 0 saturated carbocycles. The zero-order chi connectivity index (χ0) is 21.5. The van der Waals surface area contributed by atoms with Crippen LogP contribution in [0.3, 0.4) is 0 Å². The molecule has 0 radical (unpaired) electrons. The Labute approximate surface area is 175 Å². The Morgan fingerprint density at radius 3 is 2.57 bits per heavy atom. The SMILES string of the molecule is CCOC(Cn1cc(C(=O)NCc2ccc(-n3nc(C)cc3C)nc2)nn1)OCC. The lowest BCUT2D eigenvalue weighted by molar-refractivity contribution is -0.145. The second kappa shape index (κ2) is 10.1. The van der Waals surface area contributed by atoms with Crippen molar-refractivity contribution in [1.29, 1.82) is 0 Å². The molecule has 10 heteroatoms. The fourth-order valence-corrected chi connectivity index (χ4v) is 2.95. The maximum absolute atomic E-state index is 12.4. The van der Waals surface area contributed by atoms with Gasteiger partial charge in [0.05, 0.1) is 18.4 Å². The van der Waals surface area contributed by atoms with E-state index in [4.69, 9.17) is 9.47 Å². The van der Waals surface area contributed by atoms with Crippen LogP contribution in [0.4, 0.5) is 0 Å². The van der Waals surface area contributed by atoms with E-state index in [1.54, 1.807) is 17.1 Å². The number of nitrogens with one attached hydrogen (secondary N) is 1. The summed E-state index contributed by atoms with van der Waals surface area (Å²) in [7, 11) is 0. The van der Waals surface area contributed by atoms with Crippen molar-refractivity contribution in [3.05, 3.63) is 53.2 Å². The summed E-state index contributed by atoms with van der Waals surface area (Å²) >= 11 is 0. The molecule has 3 rings (SSSR count). The van der Waals surface area contributed by atoms with Crippen molar-refractivity contribution in [1.82, 2.24) is 35.1 Å².